The van der Waals surface area contributed by atoms with Crippen LogP contribution >= 0.6 is 0 Å². The smallest absolute Gasteiger partial charge is 0.155 e. The largest absolute Gasteiger partial charge is 0.512 e. The molecule has 20 rings (SSSR count). The van der Waals surface area contributed by atoms with Crippen LogP contribution in [0, 0.1) is 30.1 Å². The van der Waals surface area contributed by atoms with Crippen LogP contribution in [0.4, 0.5) is 4.39 Å². The number of carbonyl (C=O) groups is 4. The predicted octanol–water partition coefficient (Wildman–Crippen LogP) is 23.5. The molecular weight excluding hydrogens is 2410 g/mol. The Morgan fingerprint density at radius 1 is 0.286 bits per heavy atom. The zero-order chi connectivity index (χ0) is 92.0. The van der Waals surface area contributed by atoms with E-state index >= 15 is 0 Å². The molecule has 0 fully saturated rings. The van der Waals surface area contributed by atoms with Gasteiger partial charge >= 0.3 is 0 Å². The maximum Gasteiger partial charge on any atom is 0.155 e. The van der Waals surface area contributed by atoms with E-state index in [0.29, 0.717) is 11.2 Å². The molecule has 0 aliphatic heterocycles. The molecule has 20 aromatic rings. The van der Waals surface area contributed by atoms with Crippen LogP contribution in [0.2, 0.25) is 39.3 Å². The standard InChI is InChI=1S/2C23H20N3Si.C20H11FN3.C20H12N3.4C5H8O2.4Ir/c1-27(2,3)17-10-11-18-16(15-17)12-14-25-22(18)26-21-9-5-4-7-19(21)20-8-6-13-24-23(20)26;1-27(2,3)17-11-10-16-12-14-25-23(20(16)15-17)26-21-9-5-4-7-18(21)19-8-6-13-24-22(19)26;21-17-12-23-20(15-8-2-1-6-13(15)17)24-18-10-4-3-7-14(18)16-9-5-11-22-19(16)24;1-2-7-15-14(6-1)11-13-22-19(15)23-18-10-4-3-8-16(18)17-9-5-12-21-20(17)23;4*1-4(6)3-5(2)7;;;;/h2*4-8,10-15H,1-3H3;1-9,11-12H;1-9,11-13H;4*3,6H,1-2H3;;;;/q4*-1;;;;;;;;. The Morgan fingerprint density at radius 3 is 0.902 bits per heavy atom. The summed E-state index contributed by atoms with van der Waals surface area (Å²) in [5, 5.41) is 53.5. The molecular formula is C106H95FIr4N12O8Si2-4. The number of rotatable bonds is 10. The summed E-state index contributed by atoms with van der Waals surface area (Å²) in [4.78, 5) is 77.1. The fourth-order valence-corrected chi connectivity index (χ4v) is 17.4. The molecule has 12 heterocycles. The zero-order valence-electron chi connectivity index (χ0n) is 75.3. The number of nitrogens with zero attached hydrogens (tertiary/aromatic N) is 12. The first-order valence-electron chi connectivity index (χ1n) is 41.6. The second-order valence-corrected chi connectivity index (χ2v) is 42.8. The van der Waals surface area contributed by atoms with E-state index in [1.165, 1.54) is 118 Å². The number of benzene rings is 8. The van der Waals surface area contributed by atoms with Crippen molar-refractivity contribution in [2.45, 2.75) is 94.7 Å². The van der Waals surface area contributed by atoms with Crippen molar-refractivity contribution < 1.29 is 124 Å². The Balaban J connectivity index is 0.000000180. The fourth-order valence-electron chi connectivity index (χ4n) is 15.1. The third kappa shape index (κ3) is 24.5. The Bertz CT molecular complexity index is 7450. The molecule has 0 aliphatic rings. The third-order valence-corrected chi connectivity index (χ3v) is 24.6. The first kappa shape index (κ1) is 104. The minimum atomic E-state index is -1.43. The van der Waals surface area contributed by atoms with E-state index in [4.69, 9.17) is 30.4 Å². The molecule has 682 valence electrons. The van der Waals surface area contributed by atoms with Crippen LogP contribution in [0.5, 0.6) is 0 Å². The molecule has 0 spiro atoms. The number of carbonyl (C=O) groups excluding carboxylic acids is 4. The van der Waals surface area contributed by atoms with E-state index in [-0.39, 0.29) is 132 Å². The summed E-state index contributed by atoms with van der Waals surface area (Å²) in [6.45, 7) is 25.6. The number of hydrogen-bond donors (Lipinski definition) is 4. The first-order valence-corrected chi connectivity index (χ1v) is 48.6. The molecule has 27 heteroatoms. The number of pyridine rings is 8. The topological polar surface area (TPSA) is 272 Å². The van der Waals surface area contributed by atoms with Crippen molar-refractivity contribution in [1.29, 1.82) is 0 Å². The summed E-state index contributed by atoms with van der Waals surface area (Å²) in [6, 6.07) is 89.3. The van der Waals surface area contributed by atoms with Crippen molar-refractivity contribution in [3.63, 3.8) is 0 Å². The number of aliphatic hydroxyl groups is 4. The van der Waals surface area contributed by atoms with E-state index in [2.05, 4.69) is 204 Å². The van der Waals surface area contributed by atoms with Gasteiger partial charge in [0.1, 0.15) is 51.7 Å². The minimum Gasteiger partial charge on any atom is -0.512 e. The van der Waals surface area contributed by atoms with Crippen molar-refractivity contribution >= 4 is 180 Å². The molecule has 133 heavy (non-hydrogen) atoms. The van der Waals surface area contributed by atoms with Gasteiger partial charge in [-0.1, -0.05) is 181 Å². The molecule has 4 N–H and O–H groups in total. The number of ketones is 4. The van der Waals surface area contributed by atoms with Crippen LogP contribution < -0.4 is 10.4 Å². The molecule has 0 saturated carbocycles. The summed E-state index contributed by atoms with van der Waals surface area (Å²) in [5.41, 5.74) is 7.47. The van der Waals surface area contributed by atoms with Gasteiger partial charge in [-0.3, -0.25) is 19.2 Å². The monoisotopic (exact) mass is 2510 g/mol. The maximum absolute atomic E-state index is 14.1. The van der Waals surface area contributed by atoms with Gasteiger partial charge in [-0.2, -0.15) is 97.1 Å². The molecule has 12 aromatic heterocycles. The molecule has 0 saturated heterocycles. The quantitative estimate of drug-likeness (QED) is 0.0429. The van der Waals surface area contributed by atoms with Crippen LogP contribution in [0.3, 0.4) is 0 Å². The number of allylic oxidation sites excluding steroid dienone is 8. The Hall–Kier alpha value is -13.0. The average molecular weight is 2510 g/mol. The molecule has 20 nitrogen and oxygen atoms in total. The van der Waals surface area contributed by atoms with E-state index in [0.717, 1.165) is 121 Å². The molecule has 0 atom stereocenters. The molecule has 0 amide bonds. The number of para-hydroxylation sites is 4. The van der Waals surface area contributed by atoms with Gasteiger partial charge in [-0.25, -0.2) is 44.3 Å². The predicted molar refractivity (Wildman–Crippen MR) is 525 cm³/mol. The SMILES string of the molecule is CC(=O)C=C(C)O.CC(=O)C=C(C)O.CC(=O)C=C(C)O.CC(=O)C=C(C)O.C[Si](C)(C)c1ccc2c(-n3c4[c-]cccc4c4cccnc43)nccc2c1.C[Si](C)(C)c1ccc2ccnc(-n3c4[c-]cccc4c4cccnc43)c2c1.Fc1cnc(-n2c3[c-]cccc3c3cccnc32)c2ccccc12.[Ir].[Ir].[Ir].[Ir].[c-]1cccc2c3cccnc3n(-c3nccc4ccccc34)c12. The Morgan fingerprint density at radius 2 is 0.564 bits per heavy atom. The molecule has 4 radical (unpaired) electrons. The zero-order valence-corrected chi connectivity index (χ0v) is 86.9. The van der Waals surface area contributed by atoms with Gasteiger partial charge in [0, 0.05) is 175 Å². The summed E-state index contributed by atoms with van der Waals surface area (Å²) in [7, 11) is -2.79. The summed E-state index contributed by atoms with van der Waals surface area (Å²) in [5.74, 6) is 2.81. The fraction of sp³-hybridized carbons (Fsp3) is 0.132. The second kappa shape index (κ2) is 46.4. The summed E-state index contributed by atoms with van der Waals surface area (Å²) >= 11 is 0. The average Bonchev–Trinajstić information content (AvgIpc) is 1.61. The van der Waals surface area contributed by atoms with Crippen molar-refractivity contribution in [2.24, 2.45) is 0 Å². The molecule has 0 unspecified atom stereocenters. The summed E-state index contributed by atoms with van der Waals surface area (Å²) < 4.78 is 22.5. The van der Waals surface area contributed by atoms with Gasteiger partial charge in [0.15, 0.2) is 23.1 Å². The normalized spacial score (nSPS) is 11.5. The van der Waals surface area contributed by atoms with Gasteiger partial charge in [0.25, 0.3) is 0 Å². The van der Waals surface area contributed by atoms with E-state index in [1.54, 1.807) is 12.3 Å². The number of aliphatic hydroxyl groups excluding tert-OH is 4. The molecule has 0 aliphatic carbocycles. The van der Waals surface area contributed by atoms with Crippen molar-refractivity contribution in [3.05, 3.63) is 351 Å². The van der Waals surface area contributed by atoms with E-state index < -0.39 is 16.1 Å². The van der Waals surface area contributed by atoms with E-state index in [1.807, 2.05) is 163 Å². The van der Waals surface area contributed by atoms with Crippen molar-refractivity contribution in [1.82, 2.24) is 58.1 Å². The maximum atomic E-state index is 14.1. The van der Waals surface area contributed by atoms with Gasteiger partial charge in [-0.15, -0.1) is 21.5 Å². The van der Waals surface area contributed by atoms with Crippen LogP contribution in [-0.4, -0.2) is 118 Å². The first-order chi connectivity index (χ1) is 61.9. The number of hydrogen-bond acceptors (Lipinski definition) is 16. The van der Waals surface area contributed by atoms with Crippen molar-refractivity contribution in [2.75, 3.05) is 0 Å². The van der Waals surface area contributed by atoms with Crippen LogP contribution in [-0.2, 0) is 99.6 Å². The number of fused-ring (bicyclic) bond motifs is 16. The van der Waals surface area contributed by atoms with Gasteiger partial charge in [0.05, 0.1) is 45.4 Å². The van der Waals surface area contributed by atoms with E-state index in [9.17, 15) is 23.6 Å². The Labute approximate surface area is 825 Å². The second-order valence-electron chi connectivity index (χ2n) is 32.6. The summed E-state index contributed by atoms with van der Waals surface area (Å²) in [6.07, 6.45) is 18.8. The molecule has 0 bridgehead atoms. The number of halogens is 1. The van der Waals surface area contributed by atoms with Crippen LogP contribution in [0.1, 0.15) is 55.4 Å². The minimum absolute atomic E-state index is 0. The molecule has 8 aromatic carbocycles. The van der Waals surface area contributed by atoms with Gasteiger partial charge in [-0.05, 0) is 136 Å². The van der Waals surface area contributed by atoms with Gasteiger partial charge < -0.3 is 38.7 Å². The van der Waals surface area contributed by atoms with Crippen LogP contribution in [0.25, 0.3) is 154 Å². The number of aromatic nitrogens is 12. The third-order valence-electron chi connectivity index (χ3n) is 20.5. The van der Waals surface area contributed by atoms with Crippen molar-refractivity contribution in [3.8, 4) is 23.3 Å². The Kier molecular flexibility index (Phi) is 36.2. The van der Waals surface area contributed by atoms with Gasteiger partial charge in [0.2, 0.25) is 0 Å². The van der Waals surface area contributed by atoms with Crippen LogP contribution in [0.15, 0.2) is 321 Å².